The van der Waals surface area contributed by atoms with Gasteiger partial charge in [-0.3, -0.25) is 0 Å². The van der Waals surface area contributed by atoms with Crippen molar-refractivity contribution in [1.82, 2.24) is 24.8 Å². The number of halogens is 4. The number of nitrogens with one attached hydrogen (secondary N) is 3. The lowest BCUT2D eigenvalue weighted by molar-refractivity contribution is -0.137. The Kier molecular flexibility index (Phi) is 9.04. The number of hydrogen-bond donors (Lipinski definition) is 4. The number of rotatable bonds is 7. The van der Waals surface area contributed by atoms with E-state index in [4.69, 9.17) is 26.8 Å². The Morgan fingerprint density at radius 2 is 1.84 bits per heavy atom. The van der Waals surface area contributed by atoms with Gasteiger partial charge in [-0.05, 0) is 63.4 Å². The van der Waals surface area contributed by atoms with Crippen molar-refractivity contribution in [2.45, 2.75) is 56.3 Å². The lowest BCUT2D eigenvalue weighted by Crippen LogP contribution is -2.47. The van der Waals surface area contributed by atoms with Crippen molar-refractivity contribution in [1.29, 1.82) is 0 Å². The Morgan fingerprint density at radius 1 is 1.16 bits per heavy atom. The van der Waals surface area contributed by atoms with Crippen LogP contribution in [0.5, 0.6) is 5.75 Å². The lowest BCUT2D eigenvalue weighted by Gasteiger charge is -2.33. The number of anilines is 3. The van der Waals surface area contributed by atoms with Gasteiger partial charge in [0.05, 0.1) is 17.7 Å². The average Bonchev–Trinajstić information content (AvgIpc) is 3.30. The summed E-state index contributed by atoms with van der Waals surface area (Å²) in [5.74, 6) is -0.281. The molecular weight excluding hydrogens is 615 g/mol. The Bertz CT molecular complexity index is 1600. The fraction of sp³-hybridized carbons (Fsp3) is 0.423. The van der Waals surface area contributed by atoms with E-state index in [-0.39, 0.29) is 57.5 Å². The Morgan fingerprint density at radius 3 is 2.40 bits per heavy atom. The number of alkyl halides is 3. The van der Waals surface area contributed by atoms with Gasteiger partial charge in [0.25, 0.3) is 0 Å². The van der Waals surface area contributed by atoms with Crippen LogP contribution >= 0.6 is 11.6 Å². The number of benzene rings is 2. The highest BCUT2D eigenvalue weighted by molar-refractivity contribution is 7.89. The van der Waals surface area contributed by atoms with E-state index in [1.807, 2.05) is 0 Å². The zero-order valence-corrected chi connectivity index (χ0v) is 25.2. The minimum absolute atomic E-state index is 0.0208. The van der Waals surface area contributed by atoms with Crippen molar-refractivity contribution in [3.63, 3.8) is 0 Å². The molecule has 17 heteroatoms. The summed E-state index contributed by atoms with van der Waals surface area (Å²) in [6.45, 7) is 5.83. The lowest BCUT2D eigenvalue weighted by atomic mass is 9.98. The number of H-pyrrole nitrogens is 1. The third-order valence-corrected chi connectivity index (χ3v) is 8.22. The van der Waals surface area contributed by atoms with Crippen LogP contribution in [0, 0.1) is 0 Å². The molecule has 0 atom stereocenters. The van der Waals surface area contributed by atoms with Gasteiger partial charge in [0, 0.05) is 30.4 Å². The molecule has 3 aromatic rings. The van der Waals surface area contributed by atoms with Gasteiger partial charge in [0.1, 0.15) is 16.2 Å². The molecule has 5 N–H and O–H groups in total. The van der Waals surface area contributed by atoms with E-state index >= 15 is 0 Å². The number of nitrogens with zero attached hydrogens (tertiary/aromatic N) is 3. The summed E-state index contributed by atoms with van der Waals surface area (Å²) in [5.41, 5.74) is 3.28. The molecule has 12 nitrogen and oxygen atoms in total. The molecule has 1 aliphatic heterocycles. The molecule has 0 saturated carbocycles. The number of nitrogens with two attached hydrogens (primary N) is 1. The number of carbonyl (C=O) groups is 1. The van der Waals surface area contributed by atoms with Gasteiger partial charge in [0.15, 0.2) is 0 Å². The number of piperidine rings is 1. The Balaban J connectivity index is 1.58. The molecule has 2 aromatic carbocycles. The smallest absolute Gasteiger partial charge is 0.417 e. The SMILES string of the molecule is COc1cc(-c2c(Cl)cc(Nc3n[nH]c(N)n3)cc2C(F)(F)F)ccc1S(=O)(=O)NC1CCN(C(=O)OC(C)(C)C)CC1. The van der Waals surface area contributed by atoms with Crippen molar-refractivity contribution in [2.24, 2.45) is 0 Å². The maximum Gasteiger partial charge on any atom is 0.417 e. The molecule has 2 heterocycles. The number of ether oxygens (including phenoxy) is 2. The number of sulfonamides is 1. The summed E-state index contributed by atoms with van der Waals surface area (Å²) in [6.07, 6.45) is -4.63. The number of methoxy groups -OCH3 is 1. The van der Waals surface area contributed by atoms with E-state index in [0.717, 1.165) is 12.1 Å². The molecule has 1 aliphatic rings. The first-order valence-electron chi connectivity index (χ1n) is 13.0. The van der Waals surface area contributed by atoms with Gasteiger partial charge in [0.2, 0.25) is 21.9 Å². The highest BCUT2D eigenvalue weighted by Gasteiger charge is 2.36. The number of likely N-dealkylation sites (tertiary alicyclic amines) is 1. The quantitative estimate of drug-likeness (QED) is 0.272. The molecule has 0 bridgehead atoms. The van der Waals surface area contributed by atoms with Crippen molar-refractivity contribution in [2.75, 3.05) is 31.2 Å². The van der Waals surface area contributed by atoms with Crippen LogP contribution in [0.25, 0.3) is 11.1 Å². The largest absolute Gasteiger partial charge is 0.495 e. The summed E-state index contributed by atoms with van der Waals surface area (Å²) >= 11 is 6.35. The highest BCUT2D eigenvalue weighted by atomic mass is 35.5. The number of amides is 1. The van der Waals surface area contributed by atoms with E-state index < -0.39 is 39.5 Å². The fourth-order valence-electron chi connectivity index (χ4n) is 4.49. The van der Waals surface area contributed by atoms with Crippen molar-refractivity contribution in [3.05, 3.63) is 40.9 Å². The van der Waals surface area contributed by atoms with E-state index in [2.05, 4.69) is 25.2 Å². The third-order valence-electron chi connectivity index (χ3n) is 6.36. The minimum atomic E-state index is -4.83. The first-order valence-corrected chi connectivity index (χ1v) is 14.9. The number of nitrogen functional groups attached to an aromatic ring is 1. The first-order chi connectivity index (χ1) is 20.0. The van der Waals surface area contributed by atoms with Crippen LogP contribution in [0.4, 0.5) is 35.5 Å². The van der Waals surface area contributed by atoms with Gasteiger partial charge in [-0.25, -0.2) is 23.0 Å². The van der Waals surface area contributed by atoms with E-state index in [1.54, 1.807) is 20.8 Å². The van der Waals surface area contributed by atoms with Crippen LogP contribution < -0.4 is 20.5 Å². The molecule has 1 saturated heterocycles. The van der Waals surface area contributed by atoms with Crippen LogP contribution in [0.15, 0.2) is 35.2 Å². The molecule has 4 rings (SSSR count). The molecule has 1 fully saturated rings. The van der Waals surface area contributed by atoms with E-state index in [1.165, 1.54) is 30.2 Å². The van der Waals surface area contributed by atoms with Gasteiger partial charge >= 0.3 is 12.3 Å². The number of hydrogen-bond acceptors (Lipinski definition) is 9. The van der Waals surface area contributed by atoms with Crippen LogP contribution in [-0.4, -0.2) is 66.4 Å². The molecular formula is C26H31ClF3N7O5S. The third kappa shape index (κ3) is 7.80. The van der Waals surface area contributed by atoms with Gasteiger partial charge in [-0.1, -0.05) is 17.7 Å². The van der Waals surface area contributed by atoms with Gasteiger partial charge in [-0.2, -0.15) is 18.2 Å². The van der Waals surface area contributed by atoms with Crippen LogP contribution in [0.2, 0.25) is 5.02 Å². The van der Waals surface area contributed by atoms with E-state index in [0.29, 0.717) is 12.8 Å². The average molecular weight is 646 g/mol. The first kappa shape index (κ1) is 32.2. The Labute approximate surface area is 251 Å². The van der Waals surface area contributed by atoms with Crippen LogP contribution in [0.1, 0.15) is 39.2 Å². The molecule has 43 heavy (non-hydrogen) atoms. The summed E-state index contributed by atoms with van der Waals surface area (Å²) in [5, 5.41) is 8.44. The predicted molar refractivity (Wildman–Crippen MR) is 154 cm³/mol. The van der Waals surface area contributed by atoms with Crippen molar-refractivity contribution in [3.8, 4) is 16.9 Å². The maximum absolute atomic E-state index is 14.2. The topological polar surface area (TPSA) is 165 Å². The van der Waals surface area contributed by atoms with Gasteiger partial charge < -0.3 is 25.4 Å². The second-order valence-corrected chi connectivity index (χ2v) is 12.9. The standard InChI is InChI=1S/C26H31ClF3N7O5S/c1-25(2,3)42-24(38)37-9-7-15(8-10-37)36-43(39,40)20-6-5-14(11-19(20)41-4)21-17(26(28,29)30)12-16(13-18(21)27)32-23-33-22(31)34-35-23/h5-6,11-13,15,36H,7-10H2,1-4H3,(H4,31,32,33,34,35). The molecule has 0 radical (unpaired) electrons. The summed E-state index contributed by atoms with van der Waals surface area (Å²) in [6, 6.07) is 5.15. The van der Waals surface area contributed by atoms with Crippen LogP contribution in [-0.2, 0) is 20.9 Å². The zero-order valence-electron chi connectivity index (χ0n) is 23.7. The predicted octanol–water partition coefficient (Wildman–Crippen LogP) is 5.16. The van der Waals surface area contributed by atoms with E-state index in [9.17, 15) is 26.4 Å². The number of aromatic amines is 1. The second-order valence-electron chi connectivity index (χ2n) is 10.8. The number of aromatic nitrogens is 3. The molecule has 0 aliphatic carbocycles. The summed E-state index contributed by atoms with van der Waals surface area (Å²) in [4.78, 5) is 17.4. The second kappa shape index (κ2) is 12.1. The minimum Gasteiger partial charge on any atom is -0.495 e. The normalized spacial score (nSPS) is 14.9. The highest BCUT2D eigenvalue weighted by Crippen LogP contribution is 2.44. The summed E-state index contributed by atoms with van der Waals surface area (Å²) < 4.78 is 82.5. The molecule has 0 spiro atoms. The summed E-state index contributed by atoms with van der Waals surface area (Å²) in [7, 11) is -2.95. The monoisotopic (exact) mass is 645 g/mol. The van der Waals surface area contributed by atoms with Crippen molar-refractivity contribution >= 4 is 45.3 Å². The number of carbonyl (C=O) groups excluding carboxylic acids is 1. The molecule has 1 aromatic heterocycles. The molecule has 234 valence electrons. The Hall–Kier alpha value is -3.76. The molecule has 0 unspecified atom stereocenters. The fourth-order valence-corrected chi connectivity index (χ4v) is 6.27. The van der Waals surface area contributed by atoms with Crippen LogP contribution in [0.3, 0.4) is 0 Å². The molecule has 1 amide bonds. The van der Waals surface area contributed by atoms with Crippen molar-refractivity contribution < 1.29 is 35.9 Å². The van der Waals surface area contributed by atoms with Gasteiger partial charge in [-0.15, -0.1) is 5.10 Å². The maximum atomic E-state index is 14.2. The zero-order chi connectivity index (χ0) is 31.7.